The van der Waals surface area contributed by atoms with Crippen molar-refractivity contribution in [1.82, 2.24) is 0 Å². The minimum absolute atomic E-state index is 0.0310. The molecule has 5 rings (SSSR count). The van der Waals surface area contributed by atoms with E-state index in [9.17, 15) is 37.0 Å². The van der Waals surface area contributed by atoms with Crippen LogP contribution in [-0.4, -0.2) is 0 Å². The van der Waals surface area contributed by atoms with Crippen LogP contribution >= 0.6 is 10.2 Å². The summed E-state index contributed by atoms with van der Waals surface area (Å²) < 4.78 is 158. The minimum Gasteiger partial charge on any atom is -0.429 e. The second-order valence-corrected chi connectivity index (χ2v) is 13.8. The molecule has 0 aliphatic carbocycles. The first-order valence-corrected chi connectivity index (χ1v) is 16.8. The molecule has 49 heavy (non-hydrogen) atoms. The number of unbranched alkanes of at least 4 members (excludes halogenated alkanes) is 2. The second kappa shape index (κ2) is 12.4. The molecule has 0 aliphatic rings. The molecule has 0 radical (unpaired) electrons. The van der Waals surface area contributed by atoms with Gasteiger partial charge in [-0.1, -0.05) is 87.7 Å². The highest BCUT2D eigenvalue weighted by atomic mass is 32.5. The average Bonchev–Trinajstić information content (AvgIpc) is 3.00. The quantitative estimate of drug-likeness (QED) is 0.0977. The number of hydrogen-bond donors (Lipinski definition) is 0. The Morgan fingerprint density at radius 2 is 1.04 bits per heavy atom. The largest absolute Gasteiger partial charge is 0.432 e. The van der Waals surface area contributed by atoms with Crippen molar-refractivity contribution in [3.05, 3.63) is 131 Å². The third-order valence-corrected chi connectivity index (χ3v) is 8.93. The minimum atomic E-state index is -10.1. The molecule has 0 saturated heterocycles. The van der Waals surface area contributed by atoms with Crippen molar-refractivity contribution in [1.29, 1.82) is 0 Å². The van der Waals surface area contributed by atoms with E-state index in [1.165, 1.54) is 18.2 Å². The van der Waals surface area contributed by atoms with Gasteiger partial charge >= 0.3 is 16.3 Å². The summed E-state index contributed by atoms with van der Waals surface area (Å²) >= 11 is 0. The van der Waals surface area contributed by atoms with Gasteiger partial charge in [-0.15, -0.1) is 0 Å². The van der Waals surface area contributed by atoms with Gasteiger partial charge in [0.25, 0.3) is 0 Å². The van der Waals surface area contributed by atoms with Crippen LogP contribution in [0.15, 0.2) is 102 Å². The molecule has 0 spiro atoms. The third-order valence-electron chi connectivity index (χ3n) is 7.76. The Balaban J connectivity index is 1.35. The van der Waals surface area contributed by atoms with Gasteiger partial charge in [0.15, 0.2) is 0 Å². The topological polar surface area (TPSA) is 9.23 Å². The number of benzene rings is 5. The molecule has 0 fully saturated rings. The number of hydrogen-bond acceptors (Lipinski definition) is 1. The van der Waals surface area contributed by atoms with Gasteiger partial charge in [0.2, 0.25) is 0 Å². The monoisotopic (exact) mass is 716 g/mol. The van der Waals surface area contributed by atoms with Crippen molar-refractivity contribution in [3.8, 4) is 39.1 Å². The Bertz CT molecular complexity index is 1970. The molecule has 0 aliphatic heterocycles. The highest BCUT2D eigenvalue weighted by Gasteiger charge is 2.65. The van der Waals surface area contributed by atoms with Crippen molar-refractivity contribution in [2.75, 3.05) is 0 Å². The maximum Gasteiger partial charge on any atom is 0.432 e. The van der Waals surface area contributed by atoms with Gasteiger partial charge in [-0.05, 0) is 89.2 Å². The zero-order chi connectivity index (χ0) is 35.8. The summed E-state index contributed by atoms with van der Waals surface area (Å²) in [5.41, 5.74) is -0.233. The van der Waals surface area contributed by atoms with Crippen LogP contribution in [-0.2, 0) is 12.5 Å². The summed E-state index contributed by atoms with van der Waals surface area (Å²) in [5, 5.41) is 0. The number of halogens is 11. The van der Waals surface area contributed by atoms with E-state index in [4.69, 9.17) is 0 Å². The van der Waals surface area contributed by atoms with Gasteiger partial charge in [-0.25, -0.2) is 17.6 Å². The fraction of sp³-hybridized carbons (Fsp3) is 0.167. The summed E-state index contributed by atoms with van der Waals surface area (Å²) in [6.07, 6.45) is -0.591. The first-order chi connectivity index (χ1) is 22.8. The van der Waals surface area contributed by atoms with Crippen molar-refractivity contribution in [3.63, 3.8) is 0 Å². The Morgan fingerprint density at radius 3 is 1.57 bits per heavy atom. The molecule has 13 heteroatoms. The van der Waals surface area contributed by atoms with Crippen molar-refractivity contribution < 1.29 is 50.5 Å². The Labute approximate surface area is 274 Å². The highest BCUT2D eigenvalue weighted by molar-refractivity contribution is 8.45. The van der Waals surface area contributed by atoms with Crippen molar-refractivity contribution >= 4 is 10.2 Å². The summed E-state index contributed by atoms with van der Waals surface area (Å²) in [4.78, 5) is -2.39. The summed E-state index contributed by atoms with van der Waals surface area (Å²) in [6, 6.07) is 16.0. The van der Waals surface area contributed by atoms with Gasteiger partial charge in [0.1, 0.15) is 39.5 Å². The standard InChI is InChI=1S/C36H27F11OS/c1-2-3-4-5-22-6-8-23(9-7-22)24-10-16-29(31(37)18-24)25-11-17-30(32(38)19-25)26-20-33(39)35(34(40)21-26)36(41,42)48-27-12-14-28(15-13-27)49(43,44,45,46)47/h6-21H,2-5H2,1H3. The molecule has 0 amide bonds. The zero-order valence-corrected chi connectivity index (χ0v) is 26.4. The maximum atomic E-state index is 15.2. The molecule has 0 aromatic heterocycles. The van der Waals surface area contributed by atoms with E-state index in [-0.39, 0.29) is 35.4 Å². The molecule has 0 heterocycles. The predicted molar refractivity (Wildman–Crippen MR) is 168 cm³/mol. The van der Waals surface area contributed by atoms with Crippen molar-refractivity contribution in [2.45, 2.75) is 43.6 Å². The second-order valence-electron chi connectivity index (χ2n) is 11.4. The van der Waals surface area contributed by atoms with Gasteiger partial charge < -0.3 is 4.74 Å². The molecule has 5 aromatic carbocycles. The SMILES string of the molecule is CCCCCc1ccc(-c2ccc(-c3ccc(-c4cc(F)c(C(F)(F)Oc5ccc(S(F)(F)(F)(F)F)cc5)c(F)c4)c(F)c3)c(F)c2)cc1. The molecule has 260 valence electrons. The summed E-state index contributed by atoms with van der Waals surface area (Å²) in [6.45, 7) is 2.12. The maximum absolute atomic E-state index is 15.2. The molecule has 0 bridgehead atoms. The molecular weight excluding hydrogens is 689 g/mol. The number of ether oxygens (including phenoxy) is 1. The van der Waals surface area contributed by atoms with Crippen LogP contribution in [0.3, 0.4) is 0 Å². The number of alkyl halides is 2. The number of aryl methyl sites for hydroxylation is 1. The van der Waals surface area contributed by atoms with E-state index in [1.807, 2.05) is 24.3 Å². The van der Waals surface area contributed by atoms with E-state index in [0.717, 1.165) is 48.9 Å². The molecule has 5 aromatic rings. The van der Waals surface area contributed by atoms with Crippen molar-refractivity contribution in [2.24, 2.45) is 0 Å². The van der Waals surface area contributed by atoms with Gasteiger partial charge in [0.05, 0.1) is 0 Å². The van der Waals surface area contributed by atoms with Crippen LogP contribution in [0.2, 0.25) is 0 Å². The fourth-order valence-electron chi connectivity index (χ4n) is 5.26. The van der Waals surface area contributed by atoms with E-state index in [2.05, 4.69) is 11.7 Å². The van der Waals surface area contributed by atoms with Crippen LogP contribution in [0.25, 0.3) is 33.4 Å². The molecule has 0 N–H and O–H groups in total. The molecule has 0 saturated carbocycles. The number of rotatable bonds is 11. The van der Waals surface area contributed by atoms with Gasteiger partial charge in [0, 0.05) is 11.1 Å². The predicted octanol–water partition coefficient (Wildman–Crippen LogP) is 13.8. The lowest BCUT2D eigenvalue weighted by Crippen LogP contribution is -2.25. The van der Waals surface area contributed by atoms with E-state index < -0.39 is 66.9 Å². The lowest BCUT2D eigenvalue weighted by atomic mass is 9.96. The fourth-order valence-corrected chi connectivity index (χ4v) is 5.91. The molecular formula is C36H27F11OS. The Hall–Kier alpha value is -4.52. The van der Waals surface area contributed by atoms with Crippen LogP contribution in [0.1, 0.15) is 37.3 Å². The molecule has 1 nitrogen and oxygen atoms in total. The lowest BCUT2D eigenvalue weighted by molar-refractivity contribution is -0.189. The Kier molecular flexibility index (Phi) is 9.07. The van der Waals surface area contributed by atoms with E-state index in [0.29, 0.717) is 17.7 Å². The van der Waals surface area contributed by atoms with Crippen LogP contribution in [0, 0.1) is 23.3 Å². The van der Waals surface area contributed by atoms with Gasteiger partial charge in [-0.2, -0.15) is 8.78 Å². The summed E-state index contributed by atoms with van der Waals surface area (Å²) in [5.74, 6) is -6.62. The zero-order valence-electron chi connectivity index (χ0n) is 25.5. The highest BCUT2D eigenvalue weighted by Crippen LogP contribution is 3.02. The lowest BCUT2D eigenvalue weighted by Gasteiger charge is -2.40. The van der Waals surface area contributed by atoms with Gasteiger partial charge in [-0.3, -0.25) is 0 Å². The Morgan fingerprint density at radius 1 is 0.551 bits per heavy atom. The van der Waals surface area contributed by atoms with Crippen LogP contribution in [0.4, 0.5) is 45.8 Å². The first-order valence-electron chi connectivity index (χ1n) is 14.9. The third kappa shape index (κ3) is 8.21. The first kappa shape index (κ1) is 35.8. The average molecular weight is 717 g/mol. The summed E-state index contributed by atoms with van der Waals surface area (Å²) in [7, 11) is -10.1. The van der Waals surface area contributed by atoms with Crippen LogP contribution < -0.4 is 4.74 Å². The van der Waals surface area contributed by atoms with E-state index >= 15 is 8.78 Å². The molecule has 0 unspecified atom stereocenters. The molecule has 0 atom stereocenters. The van der Waals surface area contributed by atoms with E-state index in [1.54, 1.807) is 6.07 Å². The van der Waals surface area contributed by atoms with Crippen LogP contribution in [0.5, 0.6) is 5.75 Å². The normalized spacial score (nSPS) is 13.6. The smallest absolute Gasteiger partial charge is 0.429 e.